The van der Waals surface area contributed by atoms with Crippen LogP contribution in [0.5, 0.6) is 5.75 Å². The van der Waals surface area contributed by atoms with E-state index < -0.39 is 26.6 Å². The summed E-state index contributed by atoms with van der Waals surface area (Å²) in [4.78, 5) is 11.4. The fourth-order valence-electron chi connectivity index (χ4n) is 2.27. The maximum Gasteiger partial charge on any atom is 0.342 e. The highest BCUT2D eigenvalue weighted by atomic mass is 32.2. The zero-order valence-electron chi connectivity index (χ0n) is 13.2. The van der Waals surface area contributed by atoms with E-state index in [4.69, 9.17) is 4.18 Å². The van der Waals surface area contributed by atoms with Gasteiger partial charge < -0.3 is 4.18 Å². The van der Waals surface area contributed by atoms with E-state index in [1.54, 1.807) is 30.3 Å². The number of ketones is 1. The fourth-order valence-corrected chi connectivity index (χ4v) is 3.28. The van der Waals surface area contributed by atoms with Crippen LogP contribution in [0.4, 0.5) is 8.78 Å². The molecule has 0 fully saturated rings. The SMILES string of the molecule is O=C(c1ccccc1)c1ccc(OS(=O)(=O)c2cccc(F)c2F)cc1. The Morgan fingerprint density at radius 1 is 0.769 bits per heavy atom. The van der Waals surface area contributed by atoms with Gasteiger partial charge in [-0.2, -0.15) is 8.42 Å². The van der Waals surface area contributed by atoms with Crippen LogP contribution in [0.2, 0.25) is 0 Å². The molecule has 3 rings (SSSR count). The second kappa shape index (κ2) is 7.05. The molecule has 0 spiro atoms. The van der Waals surface area contributed by atoms with E-state index in [0.717, 1.165) is 18.2 Å². The Balaban J connectivity index is 1.83. The topological polar surface area (TPSA) is 60.4 Å². The van der Waals surface area contributed by atoms with Gasteiger partial charge in [-0.3, -0.25) is 4.79 Å². The molecule has 0 heterocycles. The molecule has 0 N–H and O–H groups in total. The molecule has 3 aromatic carbocycles. The summed E-state index contributed by atoms with van der Waals surface area (Å²) in [6, 6.07) is 16.6. The van der Waals surface area contributed by atoms with Crippen LogP contribution in [0.1, 0.15) is 15.9 Å². The first-order chi connectivity index (χ1) is 12.4. The quantitative estimate of drug-likeness (QED) is 0.501. The summed E-state index contributed by atoms with van der Waals surface area (Å²) in [5.74, 6) is -3.17. The zero-order valence-corrected chi connectivity index (χ0v) is 14.0. The highest BCUT2D eigenvalue weighted by molar-refractivity contribution is 7.87. The van der Waals surface area contributed by atoms with Crippen LogP contribution in [0.3, 0.4) is 0 Å². The molecule has 7 heteroatoms. The van der Waals surface area contributed by atoms with Crippen molar-refractivity contribution in [2.24, 2.45) is 0 Å². The second-order valence-electron chi connectivity index (χ2n) is 5.31. The molecule has 4 nitrogen and oxygen atoms in total. The summed E-state index contributed by atoms with van der Waals surface area (Å²) in [6.45, 7) is 0. The first-order valence-electron chi connectivity index (χ1n) is 7.47. The van der Waals surface area contributed by atoms with Gasteiger partial charge in [0.05, 0.1) is 0 Å². The monoisotopic (exact) mass is 374 g/mol. The Kier molecular flexibility index (Phi) is 4.81. The number of hydrogen-bond donors (Lipinski definition) is 0. The molecule has 0 aliphatic heterocycles. The highest BCUT2D eigenvalue weighted by Gasteiger charge is 2.23. The molecular weight excluding hydrogens is 362 g/mol. The minimum absolute atomic E-state index is 0.127. The Hall–Kier alpha value is -3.06. The molecule has 0 atom stereocenters. The maximum absolute atomic E-state index is 13.7. The van der Waals surface area contributed by atoms with Crippen LogP contribution in [0, 0.1) is 11.6 Å². The number of rotatable bonds is 5. The molecule has 0 aliphatic rings. The van der Waals surface area contributed by atoms with E-state index in [9.17, 15) is 22.0 Å². The van der Waals surface area contributed by atoms with Gasteiger partial charge in [0.15, 0.2) is 17.4 Å². The Bertz CT molecular complexity index is 1050. The van der Waals surface area contributed by atoms with Gasteiger partial charge in [-0.1, -0.05) is 36.4 Å². The summed E-state index contributed by atoms with van der Waals surface area (Å²) in [6.07, 6.45) is 0. The van der Waals surface area contributed by atoms with Crippen molar-refractivity contribution in [1.82, 2.24) is 0 Å². The first kappa shape index (κ1) is 17.8. The lowest BCUT2D eigenvalue weighted by Gasteiger charge is -2.09. The Morgan fingerprint density at radius 2 is 1.38 bits per heavy atom. The lowest BCUT2D eigenvalue weighted by Crippen LogP contribution is -2.12. The van der Waals surface area contributed by atoms with E-state index in [2.05, 4.69) is 0 Å². The van der Waals surface area contributed by atoms with Gasteiger partial charge in [-0.15, -0.1) is 0 Å². The molecule has 0 amide bonds. The van der Waals surface area contributed by atoms with Gasteiger partial charge in [-0.25, -0.2) is 8.78 Å². The van der Waals surface area contributed by atoms with Crippen molar-refractivity contribution in [3.8, 4) is 5.75 Å². The number of benzene rings is 3. The maximum atomic E-state index is 13.7. The van der Waals surface area contributed by atoms with Gasteiger partial charge >= 0.3 is 10.1 Å². The highest BCUT2D eigenvalue weighted by Crippen LogP contribution is 2.23. The average Bonchev–Trinajstić information content (AvgIpc) is 2.64. The van der Waals surface area contributed by atoms with Crippen molar-refractivity contribution in [3.63, 3.8) is 0 Å². The smallest absolute Gasteiger partial charge is 0.342 e. The van der Waals surface area contributed by atoms with Gasteiger partial charge in [0.25, 0.3) is 0 Å². The summed E-state index contributed by atoms with van der Waals surface area (Å²) >= 11 is 0. The normalized spacial score (nSPS) is 11.2. The summed E-state index contributed by atoms with van der Waals surface area (Å²) < 4.78 is 56.0. The predicted molar refractivity (Wildman–Crippen MR) is 90.5 cm³/mol. The number of hydrogen-bond acceptors (Lipinski definition) is 4. The lowest BCUT2D eigenvalue weighted by atomic mass is 10.0. The molecule has 132 valence electrons. The summed E-state index contributed by atoms with van der Waals surface area (Å²) in [5, 5.41) is 0. The van der Waals surface area contributed by atoms with Crippen LogP contribution >= 0.6 is 0 Å². The van der Waals surface area contributed by atoms with Crippen LogP contribution in [0.15, 0.2) is 77.7 Å². The molecule has 0 unspecified atom stereocenters. The molecular formula is C19H12F2O4S. The molecule has 3 aromatic rings. The van der Waals surface area contributed by atoms with Gasteiger partial charge in [0, 0.05) is 11.1 Å². The molecule has 0 saturated heterocycles. The predicted octanol–water partition coefficient (Wildman–Crippen LogP) is 3.96. The molecule has 0 saturated carbocycles. The number of carbonyl (C=O) groups excluding carboxylic acids is 1. The standard InChI is InChI=1S/C19H12F2O4S/c20-16-7-4-8-17(18(16)21)26(23,24)25-15-11-9-14(10-12-15)19(22)13-5-2-1-3-6-13/h1-12H. The first-order valence-corrected chi connectivity index (χ1v) is 8.87. The van der Waals surface area contributed by atoms with Crippen molar-refractivity contribution >= 4 is 15.9 Å². The van der Waals surface area contributed by atoms with Gasteiger partial charge in [0.2, 0.25) is 0 Å². The van der Waals surface area contributed by atoms with E-state index in [1.165, 1.54) is 24.3 Å². The lowest BCUT2D eigenvalue weighted by molar-refractivity contribution is 0.103. The second-order valence-corrected chi connectivity index (χ2v) is 6.82. The van der Waals surface area contributed by atoms with E-state index in [1.807, 2.05) is 0 Å². The Morgan fingerprint density at radius 3 is 2.04 bits per heavy atom. The van der Waals surface area contributed by atoms with Gasteiger partial charge in [-0.05, 0) is 36.4 Å². The fraction of sp³-hybridized carbons (Fsp3) is 0. The van der Waals surface area contributed by atoms with E-state index in [0.29, 0.717) is 11.1 Å². The van der Waals surface area contributed by atoms with Crippen LogP contribution in [-0.2, 0) is 10.1 Å². The number of carbonyl (C=O) groups is 1. The third-order valence-corrected chi connectivity index (χ3v) is 4.81. The Labute approximate surface area is 148 Å². The third-order valence-electron chi connectivity index (χ3n) is 3.54. The molecule has 0 aliphatic carbocycles. The minimum Gasteiger partial charge on any atom is -0.379 e. The van der Waals surface area contributed by atoms with Crippen molar-refractivity contribution < 1.29 is 26.2 Å². The van der Waals surface area contributed by atoms with E-state index in [-0.39, 0.29) is 11.5 Å². The summed E-state index contributed by atoms with van der Waals surface area (Å²) in [7, 11) is -4.55. The molecule has 26 heavy (non-hydrogen) atoms. The van der Waals surface area contributed by atoms with Crippen LogP contribution in [-0.4, -0.2) is 14.2 Å². The molecule has 0 radical (unpaired) electrons. The van der Waals surface area contributed by atoms with Crippen LogP contribution < -0.4 is 4.18 Å². The van der Waals surface area contributed by atoms with Crippen molar-refractivity contribution in [2.75, 3.05) is 0 Å². The van der Waals surface area contributed by atoms with Gasteiger partial charge in [0.1, 0.15) is 10.6 Å². The van der Waals surface area contributed by atoms with Crippen molar-refractivity contribution in [3.05, 3.63) is 95.6 Å². The average molecular weight is 374 g/mol. The third kappa shape index (κ3) is 3.62. The van der Waals surface area contributed by atoms with Crippen molar-refractivity contribution in [1.29, 1.82) is 0 Å². The largest absolute Gasteiger partial charge is 0.379 e. The zero-order chi connectivity index (χ0) is 18.7. The minimum atomic E-state index is -4.55. The van der Waals surface area contributed by atoms with E-state index >= 15 is 0 Å². The molecule has 0 bridgehead atoms. The number of halogens is 2. The van der Waals surface area contributed by atoms with Crippen molar-refractivity contribution in [2.45, 2.75) is 4.90 Å². The van der Waals surface area contributed by atoms with Crippen LogP contribution in [0.25, 0.3) is 0 Å². The molecule has 0 aromatic heterocycles. The summed E-state index contributed by atoms with van der Waals surface area (Å²) in [5.41, 5.74) is 0.813.